The van der Waals surface area contributed by atoms with Crippen LogP contribution in [0.1, 0.15) is 25.3 Å². The van der Waals surface area contributed by atoms with Crippen LogP contribution in [0, 0.1) is 0 Å². The monoisotopic (exact) mass is 247 g/mol. The zero-order chi connectivity index (χ0) is 13.3. The maximum Gasteiger partial charge on any atom is 0.310 e. The Kier molecular flexibility index (Phi) is 3.28. The highest BCUT2D eigenvalue weighted by Crippen LogP contribution is 2.30. The number of carboxylic acids is 1. The fourth-order valence-electron chi connectivity index (χ4n) is 2.17. The van der Waals surface area contributed by atoms with Gasteiger partial charge in [-0.15, -0.1) is 0 Å². The van der Waals surface area contributed by atoms with Crippen molar-refractivity contribution in [1.82, 2.24) is 4.57 Å². The Morgan fingerprint density at radius 1 is 1.50 bits per heavy atom. The third kappa shape index (κ3) is 1.94. The van der Waals surface area contributed by atoms with Crippen molar-refractivity contribution < 1.29 is 14.6 Å². The van der Waals surface area contributed by atoms with E-state index in [1.54, 1.807) is 14.0 Å². The maximum atomic E-state index is 11.1. The van der Waals surface area contributed by atoms with E-state index in [1.165, 1.54) is 0 Å². The number of carboxylic acid groups (broad SMARTS) is 1. The Morgan fingerprint density at radius 3 is 2.78 bits per heavy atom. The number of hydrogen-bond donors (Lipinski definition) is 1. The van der Waals surface area contributed by atoms with Gasteiger partial charge in [0.2, 0.25) is 0 Å². The van der Waals surface area contributed by atoms with Crippen molar-refractivity contribution in [2.75, 3.05) is 7.11 Å². The van der Waals surface area contributed by atoms with Gasteiger partial charge < -0.3 is 14.4 Å². The first kappa shape index (κ1) is 12.5. The number of methoxy groups -OCH3 is 1. The summed E-state index contributed by atoms with van der Waals surface area (Å²) in [4.78, 5) is 11.1. The van der Waals surface area contributed by atoms with Gasteiger partial charge in [-0.2, -0.15) is 0 Å². The summed E-state index contributed by atoms with van der Waals surface area (Å²) in [6, 6.07) is 5.73. The van der Waals surface area contributed by atoms with Gasteiger partial charge in [-0.05, 0) is 31.5 Å². The van der Waals surface area contributed by atoms with E-state index in [1.807, 2.05) is 35.9 Å². The second-order valence-corrected chi connectivity index (χ2v) is 4.31. The van der Waals surface area contributed by atoms with Gasteiger partial charge in [0.25, 0.3) is 0 Å². The predicted molar refractivity (Wildman–Crippen MR) is 70.2 cm³/mol. The molecule has 0 spiro atoms. The lowest BCUT2D eigenvalue weighted by Gasteiger charge is -2.05. The zero-order valence-corrected chi connectivity index (χ0v) is 10.8. The quantitative estimate of drug-likeness (QED) is 0.903. The first-order valence-corrected chi connectivity index (χ1v) is 5.98. The lowest BCUT2D eigenvalue weighted by molar-refractivity contribution is -0.138. The molecule has 1 heterocycles. The minimum Gasteiger partial charge on any atom is -0.497 e. The van der Waals surface area contributed by atoms with Crippen LogP contribution in [0.25, 0.3) is 10.9 Å². The molecular weight excluding hydrogens is 230 g/mol. The van der Waals surface area contributed by atoms with Crippen molar-refractivity contribution in [2.45, 2.75) is 26.3 Å². The summed E-state index contributed by atoms with van der Waals surface area (Å²) in [6.07, 6.45) is 1.92. The van der Waals surface area contributed by atoms with Gasteiger partial charge in [-0.3, -0.25) is 4.79 Å². The van der Waals surface area contributed by atoms with Crippen LogP contribution in [-0.4, -0.2) is 22.8 Å². The molecule has 0 saturated carbocycles. The minimum atomic E-state index is -0.805. The molecular formula is C14H17NO3. The smallest absolute Gasteiger partial charge is 0.310 e. The van der Waals surface area contributed by atoms with Crippen LogP contribution in [0.3, 0.4) is 0 Å². The molecule has 0 aliphatic rings. The first-order chi connectivity index (χ1) is 8.58. The molecule has 1 unspecified atom stereocenters. The summed E-state index contributed by atoms with van der Waals surface area (Å²) in [7, 11) is 1.63. The van der Waals surface area contributed by atoms with E-state index in [0.29, 0.717) is 0 Å². The Morgan fingerprint density at radius 2 is 2.22 bits per heavy atom. The molecule has 1 N–H and O–H groups in total. The number of rotatable bonds is 4. The number of ether oxygens (including phenoxy) is 1. The summed E-state index contributed by atoms with van der Waals surface area (Å²) in [5, 5.41) is 10.1. The number of aryl methyl sites for hydroxylation is 1. The standard InChI is InChI=1S/C14H17NO3/c1-4-15-8-12(9(2)14(16)17)11-6-5-10(18-3)7-13(11)15/h5-9H,4H2,1-3H3,(H,16,17). The molecule has 0 aliphatic carbocycles. The molecule has 0 fully saturated rings. The van der Waals surface area contributed by atoms with E-state index in [2.05, 4.69) is 0 Å². The molecule has 0 amide bonds. The Balaban J connectivity index is 2.66. The molecule has 0 saturated heterocycles. The third-order valence-corrected chi connectivity index (χ3v) is 3.30. The SMILES string of the molecule is CCn1cc(C(C)C(=O)O)c2ccc(OC)cc21. The number of nitrogens with zero attached hydrogens (tertiary/aromatic N) is 1. The molecule has 0 radical (unpaired) electrons. The molecule has 2 aromatic rings. The lowest BCUT2D eigenvalue weighted by Crippen LogP contribution is -2.06. The normalized spacial score (nSPS) is 12.6. The molecule has 96 valence electrons. The molecule has 18 heavy (non-hydrogen) atoms. The zero-order valence-electron chi connectivity index (χ0n) is 10.8. The number of carbonyl (C=O) groups is 1. The van der Waals surface area contributed by atoms with Crippen LogP contribution >= 0.6 is 0 Å². The third-order valence-electron chi connectivity index (χ3n) is 3.30. The van der Waals surface area contributed by atoms with Crippen molar-refractivity contribution in [3.05, 3.63) is 30.0 Å². The lowest BCUT2D eigenvalue weighted by atomic mass is 10.0. The average molecular weight is 247 g/mol. The highest BCUT2D eigenvalue weighted by atomic mass is 16.5. The van der Waals surface area contributed by atoms with Crippen molar-refractivity contribution in [1.29, 1.82) is 0 Å². The van der Waals surface area contributed by atoms with Crippen LogP contribution in [0.5, 0.6) is 5.75 Å². The molecule has 4 heteroatoms. The van der Waals surface area contributed by atoms with Gasteiger partial charge in [0.15, 0.2) is 0 Å². The fourth-order valence-corrected chi connectivity index (χ4v) is 2.17. The molecule has 1 aromatic heterocycles. The summed E-state index contributed by atoms with van der Waals surface area (Å²) in [5.41, 5.74) is 1.86. The van der Waals surface area contributed by atoms with E-state index in [0.717, 1.165) is 28.8 Å². The van der Waals surface area contributed by atoms with E-state index < -0.39 is 11.9 Å². The minimum absolute atomic E-state index is 0.506. The maximum absolute atomic E-state index is 11.1. The Labute approximate surface area is 106 Å². The Hall–Kier alpha value is -1.97. The van der Waals surface area contributed by atoms with Crippen molar-refractivity contribution in [3.63, 3.8) is 0 Å². The van der Waals surface area contributed by atoms with Gasteiger partial charge in [0.05, 0.1) is 18.5 Å². The van der Waals surface area contributed by atoms with E-state index in [9.17, 15) is 4.79 Å². The molecule has 0 aliphatic heterocycles. The summed E-state index contributed by atoms with van der Waals surface area (Å²) in [5.74, 6) is -0.528. The van der Waals surface area contributed by atoms with Gasteiger partial charge in [-0.25, -0.2) is 0 Å². The fraction of sp³-hybridized carbons (Fsp3) is 0.357. The number of hydrogen-bond acceptors (Lipinski definition) is 2. The Bertz CT molecular complexity index is 586. The van der Waals surface area contributed by atoms with Crippen LogP contribution in [0.15, 0.2) is 24.4 Å². The number of benzene rings is 1. The van der Waals surface area contributed by atoms with Gasteiger partial charge >= 0.3 is 5.97 Å². The first-order valence-electron chi connectivity index (χ1n) is 5.98. The van der Waals surface area contributed by atoms with Crippen LogP contribution in [-0.2, 0) is 11.3 Å². The van der Waals surface area contributed by atoms with Crippen LogP contribution < -0.4 is 4.74 Å². The van der Waals surface area contributed by atoms with Crippen molar-refractivity contribution in [2.24, 2.45) is 0 Å². The second-order valence-electron chi connectivity index (χ2n) is 4.31. The predicted octanol–water partition coefficient (Wildman–Crippen LogP) is 2.86. The van der Waals surface area contributed by atoms with E-state index >= 15 is 0 Å². The molecule has 2 rings (SSSR count). The van der Waals surface area contributed by atoms with Gasteiger partial charge in [-0.1, -0.05) is 0 Å². The van der Waals surface area contributed by atoms with Crippen molar-refractivity contribution >= 4 is 16.9 Å². The van der Waals surface area contributed by atoms with Crippen LogP contribution in [0.4, 0.5) is 0 Å². The average Bonchev–Trinajstić information content (AvgIpc) is 2.75. The summed E-state index contributed by atoms with van der Waals surface area (Å²) in [6.45, 7) is 4.55. The highest BCUT2D eigenvalue weighted by Gasteiger charge is 2.19. The number of aliphatic carboxylic acids is 1. The second kappa shape index (κ2) is 4.72. The largest absolute Gasteiger partial charge is 0.497 e. The van der Waals surface area contributed by atoms with E-state index in [4.69, 9.17) is 9.84 Å². The highest BCUT2D eigenvalue weighted by molar-refractivity contribution is 5.90. The van der Waals surface area contributed by atoms with Gasteiger partial charge in [0, 0.05) is 24.2 Å². The van der Waals surface area contributed by atoms with Gasteiger partial charge in [0.1, 0.15) is 5.75 Å². The number of fused-ring (bicyclic) bond motifs is 1. The van der Waals surface area contributed by atoms with Crippen LogP contribution in [0.2, 0.25) is 0 Å². The van der Waals surface area contributed by atoms with E-state index in [-0.39, 0.29) is 0 Å². The molecule has 1 aromatic carbocycles. The molecule has 4 nitrogen and oxygen atoms in total. The van der Waals surface area contributed by atoms with Crippen molar-refractivity contribution in [3.8, 4) is 5.75 Å². The molecule has 0 bridgehead atoms. The summed E-state index contributed by atoms with van der Waals surface area (Å²) < 4.78 is 7.26. The summed E-state index contributed by atoms with van der Waals surface area (Å²) >= 11 is 0. The topological polar surface area (TPSA) is 51.5 Å². The molecule has 1 atom stereocenters. The number of aromatic nitrogens is 1.